The zero-order chi connectivity index (χ0) is 20.0. The first kappa shape index (κ1) is 20.5. The van der Waals surface area contributed by atoms with E-state index in [1.807, 2.05) is 63.2 Å². The minimum absolute atomic E-state index is 0.114. The molecule has 0 bridgehead atoms. The molecule has 1 atom stereocenters. The van der Waals surface area contributed by atoms with Crippen molar-refractivity contribution in [3.8, 4) is 5.75 Å². The van der Waals surface area contributed by atoms with Crippen LogP contribution in [0.25, 0.3) is 0 Å². The summed E-state index contributed by atoms with van der Waals surface area (Å²) in [4.78, 5) is 26.6. The molecule has 5 heteroatoms. The van der Waals surface area contributed by atoms with Gasteiger partial charge >= 0.3 is 0 Å². The molecule has 2 aromatic rings. The fourth-order valence-electron chi connectivity index (χ4n) is 2.87. The maximum absolute atomic E-state index is 12.9. The summed E-state index contributed by atoms with van der Waals surface area (Å²) in [5.74, 6) is 0.255. The third kappa shape index (κ3) is 5.09. The van der Waals surface area contributed by atoms with E-state index in [2.05, 4.69) is 5.32 Å². The molecule has 0 fully saturated rings. The van der Waals surface area contributed by atoms with Gasteiger partial charge in [0.2, 0.25) is 5.91 Å². The molecule has 144 valence electrons. The maximum atomic E-state index is 12.9. The van der Waals surface area contributed by atoms with Gasteiger partial charge in [-0.3, -0.25) is 9.59 Å². The largest absolute Gasteiger partial charge is 0.483 e. The molecule has 2 rings (SSSR count). The Hall–Kier alpha value is -2.82. The summed E-state index contributed by atoms with van der Waals surface area (Å²) in [7, 11) is 1.57. The summed E-state index contributed by atoms with van der Waals surface area (Å²) in [6.45, 7) is 7.94. The normalized spacial score (nSPS) is 11.6. The van der Waals surface area contributed by atoms with Crippen LogP contribution in [0.5, 0.6) is 5.75 Å². The van der Waals surface area contributed by atoms with Crippen LogP contribution in [0.4, 0.5) is 0 Å². The van der Waals surface area contributed by atoms with Crippen LogP contribution in [-0.2, 0) is 16.1 Å². The van der Waals surface area contributed by atoms with Crippen LogP contribution in [0.2, 0.25) is 0 Å². The average Bonchev–Trinajstić information content (AvgIpc) is 2.67. The van der Waals surface area contributed by atoms with E-state index in [1.54, 1.807) is 18.9 Å². The number of rotatable bonds is 7. The number of benzene rings is 2. The molecule has 0 saturated heterocycles. The van der Waals surface area contributed by atoms with Crippen molar-refractivity contribution >= 4 is 11.8 Å². The van der Waals surface area contributed by atoms with E-state index < -0.39 is 6.04 Å². The zero-order valence-corrected chi connectivity index (χ0v) is 16.7. The maximum Gasteiger partial charge on any atom is 0.261 e. The monoisotopic (exact) mass is 368 g/mol. The molecule has 0 spiro atoms. The van der Waals surface area contributed by atoms with Gasteiger partial charge in [-0.15, -0.1) is 0 Å². The van der Waals surface area contributed by atoms with Crippen molar-refractivity contribution < 1.29 is 14.3 Å². The van der Waals surface area contributed by atoms with Gasteiger partial charge in [0.25, 0.3) is 5.91 Å². The Bertz CT molecular complexity index is 817. The quantitative estimate of drug-likeness (QED) is 0.817. The predicted molar refractivity (Wildman–Crippen MR) is 107 cm³/mol. The van der Waals surface area contributed by atoms with Crippen molar-refractivity contribution in [3.63, 3.8) is 0 Å². The van der Waals surface area contributed by atoms with Gasteiger partial charge in [0.05, 0.1) is 0 Å². The Morgan fingerprint density at radius 1 is 1.04 bits per heavy atom. The van der Waals surface area contributed by atoms with Crippen molar-refractivity contribution in [2.75, 3.05) is 13.7 Å². The van der Waals surface area contributed by atoms with Gasteiger partial charge in [-0.1, -0.05) is 36.4 Å². The number of hydrogen-bond donors (Lipinski definition) is 1. The number of ether oxygens (including phenoxy) is 1. The number of nitrogens with one attached hydrogen (secondary N) is 1. The number of hydrogen-bond acceptors (Lipinski definition) is 3. The fourth-order valence-corrected chi connectivity index (χ4v) is 2.87. The van der Waals surface area contributed by atoms with E-state index in [1.165, 1.54) is 0 Å². The summed E-state index contributed by atoms with van der Waals surface area (Å²) in [6.07, 6.45) is 0. The van der Waals surface area contributed by atoms with E-state index in [9.17, 15) is 9.59 Å². The van der Waals surface area contributed by atoms with Gasteiger partial charge in [0, 0.05) is 13.6 Å². The highest BCUT2D eigenvalue weighted by Crippen LogP contribution is 2.21. The molecule has 27 heavy (non-hydrogen) atoms. The molecule has 0 aliphatic heterocycles. The standard InChI is InChI=1S/C22H28N2O3/c1-15-10-8-12-20(17(15)3)27-14-21(25)24(18(4)22(26)23-5)13-19-11-7-6-9-16(19)2/h6-12,18H,13-14H2,1-5H3,(H,23,26). The Morgan fingerprint density at radius 3 is 2.37 bits per heavy atom. The molecular weight excluding hydrogens is 340 g/mol. The van der Waals surface area contributed by atoms with Crippen LogP contribution in [0.15, 0.2) is 42.5 Å². The third-order valence-electron chi connectivity index (χ3n) is 4.92. The lowest BCUT2D eigenvalue weighted by molar-refractivity contribution is -0.142. The van der Waals surface area contributed by atoms with Crippen molar-refractivity contribution in [1.82, 2.24) is 10.2 Å². The number of amides is 2. The number of nitrogens with zero attached hydrogens (tertiary/aromatic N) is 1. The number of aryl methyl sites for hydroxylation is 2. The highest BCUT2D eigenvalue weighted by Gasteiger charge is 2.26. The summed E-state index contributed by atoms with van der Waals surface area (Å²) < 4.78 is 5.77. The molecule has 0 aromatic heterocycles. The van der Waals surface area contributed by atoms with Crippen LogP contribution in [0, 0.1) is 20.8 Å². The zero-order valence-electron chi connectivity index (χ0n) is 16.7. The first-order valence-electron chi connectivity index (χ1n) is 9.09. The molecule has 1 N–H and O–H groups in total. The van der Waals surface area contributed by atoms with Crippen molar-refractivity contribution in [2.45, 2.75) is 40.3 Å². The van der Waals surface area contributed by atoms with Gasteiger partial charge in [-0.05, 0) is 56.0 Å². The SMILES string of the molecule is CNC(=O)C(C)N(Cc1ccccc1C)C(=O)COc1cccc(C)c1C. The number of likely N-dealkylation sites (N-methyl/N-ethyl adjacent to an activating group) is 1. The number of carbonyl (C=O) groups is 2. The van der Waals surface area contributed by atoms with Crippen molar-refractivity contribution in [1.29, 1.82) is 0 Å². The lowest BCUT2D eigenvalue weighted by Crippen LogP contribution is -2.48. The van der Waals surface area contributed by atoms with Gasteiger partial charge < -0.3 is 15.0 Å². The van der Waals surface area contributed by atoms with Gasteiger partial charge in [0.15, 0.2) is 6.61 Å². The Labute approximate surface area is 161 Å². The second-order valence-electron chi connectivity index (χ2n) is 6.73. The lowest BCUT2D eigenvalue weighted by atomic mass is 10.1. The molecule has 5 nitrogen and oxygen atoms in total. The second kappa shape index (κ2) is 9.21. The summed E-state index contributed by atoms with van der Waals surface area (Å²) >= 11 is 0. The first-order valence-corrected chi connectivity index (χ1v) is 9.09. The molecule has 0 aliphatic rings. The molecule has 0 radical (unpaired) electrons. The van der Waals surface area contributed by atoms with Crippen LogP contribution in [0.3, 0.4) is 0 Å². The highest BCUT2D eigenvalue weighted by atomic mass is 16.5. The van der Waals surface area contributed by atoms with Gasteiger partial charge in [-0.25, -0.2) is 0 Å². The Kier molecular flexibility index (Phi) is 6.99. The average molecular weight is 368 g/mol. The van der Waals surface area contributed by atoms with Crippen molar-refractivity contribution in [3.05, 3.63) is 64.7 Å². The summed E-state index contributed by atoms with van der Waals surface area (Å²) in [5.41, 5.74) is 4.20. The topological polar surface area (TPSA) is 58.6 Å². The van der Waals surface area contributed by atoms with E-state index in [-0.39, 0.29) is 18.4 Å². The van der Waals surface area contributed by atoms with Crippen LogP contribution < -0.4 is 10.1 Å². The molecule has 1 unspecified atom stereocenters. The van der Waals surface area contributed by atoms with Crippen LogP contribution in [0.1, 0.15) is 29.2 Å². The van der Waals surface area contributed by atoms with E-state index in [0.717, 1.165) is 22.3 Å². The van der Waals surface area contributed by atoms with E-state index in [0.29, 0.717) is 12.3 Å². The molecule has 0 saturated carbocycles. The van der Waals surface area contributed by atoms with Gasteiger partial charge in [-0.2, -0.15) is 0 Å². The van der Waals surface area contributed by atoms with Gasteiger partial charge in [0.1, 0.15) is 11.8 Å². The molecule has 2 amide bonds. The molecule has 2 aromatic carbocycles. The fraction of sp³-hybridized carbons (Fsp3) is 0.364. The minimum atomic E-state index is -0.593. The molecule has 0 heterocycles. The molecular formula is C22H28N2O3. The predicted octanol–water partition coefficient (Wildman–Crippen LogP) is 3.15. The first-order chi connectivity index (χ1) is 12.8. The lowest BCUT2D eigenvalue weighted by Gasteiger charge is -2.29. The van der Waals surface area contributed by atoms with Crippen LogP contribution >= 0.6 is 0 Å². The summed E-state index contributed by atoms with van der Waals surface area (Å²) in [5, 5.41) is 2.62. The van der Waals surface area contributed by atoms with E-state index in [4.69, 9.17) is 4.74 Å². The Morgan fingerprint density at radius 2 is 1.70 bits per heavy atom. The van der Waals surface area contributed by atoms with Crippen molar-refractivity contribution in [2.24, 2.45) is 0 Å². The smallest absolute Gasteiger partial charge is 0.261 e. The highest BCUT2D eigenvalue weighted by molar-refractivity contribution is 5.87. The van der Waals surface area contributed by atoms with E-state index >= 15 is 0 Å². The minimum Gasteiger partial charge on any atom is -0.483 e. The second-order valence-corrected chi connectivity index (χ2v) is 6.73. The number of carbonyl (C=O) groups excluding carboxylic acids is 2. The molecule has 0 aliphatic carbocycles. The summed E-state index contributed by atoms with van der Waals surface area (Å²) in [6, 6.07) is 13.0. The third-order valence-corrected chi connectivity index (χ3v) is 4.92. The van der Waals surface area contributed by atoms with Crippen LogP contribution in [-0.4, -0.2) is 36.4 Å². The Balaban J connectivity index is 2.19.